The maximum atomic E-state index is 4.85. The van der Waals surface area contributed by atoms with E-state index in [4.69, 9.17) is 19.4 Å². The number of hydrogen-bond donors (Lipinski definition) is 0. The van der Waals surface area contributed by atoms with Gasteiger partial charge >= 0.3 is 34.5 Å². The zero-order chi connectivity index (χ0) is 10.9. The van der Waals surface area contributed by atoms with Crippen LogP contribution in [0.15, 0.2) is 23.9 Å². The van der Waals surface area contributed by atoms with E-state index in [1.54, 1.807) is 0 Å². The fourth-order valence-corrected chi connectivity index (χ4v) is 1.68. The van der Waals surface area contributed by atoms with Crippen molar-refractivity contribution in [2.24, 2.45) is 0 Å². The molecule has 0 bridgehead atoms. The van der Waals surface area contributed by atoms with Crippen molar-refractivity contribution in [3.8, 4) is 0 Å². The van der Waals surface area contributed by atoms with E-state index in [0.29, 0.717) is 6.04 Å². The molecule has 15 heavy (non-hydrogen) atoms. The number of allylic oxidation sites excluding steroid dienone is 2. The molecular formula is C10H14Cl2N2Ru. The fraction of sp³-hybridized carbons (Fsp3) is 0.600. The average Bonchev–Trinajstić information content (AvgIpc) is 2.32. The third-order valence-electron chi connectivity index (χ3n) is 2.36. The van der Waals surface area contributed by atoms with Gasteiger partial charge in [-0.1, -0.05) is 31.4 Å². The van der Waals surface area contributed by atoms with Crippen molar-refractivity contribution in [3.05, 3.63) is 34.6 Å². The summed E-state index contributed by atoms with van der Waals surface area (Å²) >= 11 is -0.346. The zero-order valence-corrected chi connectivity index (χ0v) is 11.6. The molecule has 0 aromatic heterocycles. The van der Waals surface area contributed by atoms with Gasteiger partial charge in [0.1, 0.15) is 0 Å². The molecule has 0 spiro atoms. The van der Waals surface area contributed by atoms with E-state index in [-0.39, 0.29) is 15.1 Å². The van der Waals surface area contributed by atoms with Crippen molar-refractivity contribution < 1.29 is 15.1 Å². The van der Waals surface area contributed by atoms with Crippen molar-refractivity contribution in [2.45, 2.75) is 25.3 Å². The molecule has 86 valence electrons. The van der Waals surface area contributed by atoms with E-state index in [9.17, 15) is 0 Å². The minimum atomic E-state index is -0.346. The molecule has 2 aliphatic heterocycles. The molecule has 1 fully saturated rings. The van der Waals surface area contributed by atoms with Gasteiger partial charge in [0.25, 0.3) is 0 Å². The van der Waals surface area contributed by atoms with Gasteiger partial charge in [0.2, 0.25) is 0 Å². The first-order valence-corrected chi connectivity index (χ1v) is 9.42. The normalized spacial score (nSPS) is 24.7. The number of hydrogen-bond acceptors (Lipinski definition) is 0. The van der Waals surface area contributed by atoms with Crippen molar-refractivity contribution in [1.29, 1.82) is 0 Å². The second kappa shape index (κ2) is 8.58. The van der Waals surface area contributed by atoms with Crippen LogP contribution in [0.25, 0.3) is 10.6 Å². The fourth-order valence-electron chi connectivity index (χ4n) is 1.68. The molecule has 5 heteroatoms. The van der Waals surface area contributed by atoms with Gasteiger partial charge in [-0.2, -0.15) is 5.70 Å². The molecule has 0 aromatic rings. The summed E-state index contributed by atoms with van der Waals surface area (Å²) < 4.78 is 0. The molecule has 0 saturated carbocycles. The number of rotatable bonds is 1. The molecule has 2 aliphatic rings. The van der Waals surface area contributed by atoms with E-state index in [1.807, 2.05) is 0 Å². The summed E-state index contributed by atoms with van der Waals surface area (Å²) in [6.45, 7) is 1.87. The predicted octanol–water partition coefficient (Wildman–Crippen LogP) is 4.12. The Bertz CT molecular complexity index is 225. The Morgan fingerprint density at radius 2 is 2.13 bits per heavy atom. The Hall–Kier alpha value is 0.443. The van der Waals surface area contributed by atoms with E-state index in [1.165, 1.54) is 25.0 Å². The molecule has 1 unspecified atom stereocenters. The second-order valence-corrected chi connectivity index (χ2v) is 5.97. The Labute approximate surface area is 107 Å². The maximum absolute atomic E-state index is 4.85. The molecule has 0 aliphatic carbocycles. The van der Waals surface area contributed by atoms with Crippen LogP contribution in [-0.4, -0.2) is 19.1 Å². The molecule has 0 radical (unpaired) electrons. The molecule has 2 nitrogen and oxygen atoms in total. The van der Waals surface area contributed by atoms with Crippen LogP contribution in [0.4, 0.5) is 0 Å². The van der Waals surface area contributed by atoms with Gasteiger partial charge in [0.05, 0.1) is 0 Å². The summed E-state index contributed by atoms with van der Waals surface area (Å²) in [5, 5.41) is 8.99. The molecule has 0 aromatic carbocycles. The monoisotopic (exact) mass is 334 g/mol. The topological polar surface area (TPSA) is 28.2 Å². The summed E-state index contributed by atoms with van der Waals surface area (Å²) in [5.41, 5.74) is 1.19. The van der Waals surface area contributed by atoms with Crippen LogP contribution in [0.3, 0.4) is 0 Å². The van der Waals surface area contributed by atoms with E-state index in [2.05, 4.69) is 28.9 Å². The van der Waals surface area contributed by atoms with Crippen molar-refractivity contribution in [3.63, 3.8) is 0 Å². The first-order valence-electron chi connectivity index (χ1n) is 4.94. The Morgan fingerprint density at radius 1 is 1.33 bits per heavy atom. The third-order valence-corrected chi connectivity index (χ3v) is 2.36. The molecule has 2 rings (SSSR count). The standard InChI is InChI=1S/C10H14N2.2ClH.Ru/c1-3-7-11-9(5-1)10-6-2-4-8-12-10;;;/h1,3,5,10H,2,4,6-8H2;2*1H;/q-2;;;+4/p-2. The number of halogens is 2. The summed E-state index contributed by atoms with van der Waals surface area (Å²) in [6, 6.07) is 0.406. The molecule has 1 atom stereocenters. The summed E-state index contributed by atoms with van der Waals surface area (Å²) in [4.78, 5) is 0. The van der Waals surface area contributed by atoms with Gasteiger partial charge in [-0.3, -0.25) is 0 Å². The first-order chi connectivity index (χ1) is 7.38. The van der Waals surface area contributed by atoms with Gasteiger partial charge in [-0.15, -0.1) is 25.2 Å². The van der Waals surface area contributed by atoms with E-state index >= 15 is 0 Å². The zero-order valence-electron chi connectivity index (χ0n) is 8.35. The van der Waals surface area contributed by atoms with Crippen molar-refractivity contribution in [2.75, 3.05) is 13.1 Å². The first kappa shape index (κ1) is 13.5. The van der Waals surface area contributed by atoms with Gasteiger partial charge in [-0.05, 0) is 0 Å². The Kier molecular flexibility index (Phi) is 7.73. The molecular weight excluding hydrogens is 320 g/mol. The predicted molar refractivity (Wildman–Crippen MR) is 63.0 cm³/mol. The van der Waals surface area contributed by atoms with E-state index in [0.717, 1.165) is 13.1 Å². The quantitative estimate of drug-likeness (QED) is 0.646. The van der Waals surface area contributed by atoms with Gasteiger partial charge in [-0.25, -0.2) is 0 Å². The SMILES string of the molecule is C1=CC[N-]C(C2CCCC[N-]2)=C1.[Cl][Ru+2][Cl]. The summed E-state index contributed by atoms with van der Waals surface area (Å²) in [7, 11) is 9.71. The van der Waals surface area contributed by atoms with Crippen molar-refractivity contribution in [1.82, 2.24) is 0 Å². The third kappa shape index (κ3) is 5.35. The summed E-state index contributed by atoms with van der Waals surface area (Å²) in [5.74, 6) is 0. The minimum absolute atomic E-state index is 0.346. The molecule has 2 heterocycles. The molecule has 0 amide bonds. The van der Waals surface area contributed by atoms with Crippen LogP contribution >= 0.6 is 19.4 Å². The van der Waals surface area contributed by atoms with Crippen LogP contribution in [0.2, 0.25) is 0 Å². The number of nitrogens with zero attached hydrogens (tertiary/aromatic N) is 2. The van der Waals surface area contributed by atoms with Crippen LogP contribution < -0.4 is 0 Å². The van der Waals surface area contributed by atoms with Crippen LogP contribution in [0.1, 0.15) is 19.3 Å². The average molecular weight is 334 g/mol. The van der Waals surface area contributed by atoms with E-state index < -0.39 is 0 Å². The molecule has 1 saturated heterocycles. The second-order valence-electron chi connectivity index (χ2n) is 3.33. The van der Waals surface area contributed by atoms with Gasteiger partial charge in [0, 0.05) is 0 Å². The Morgan fingerprint density at radius 3 is 2.67 bits per heavy atom. The summed E-state index contributed by atoms with van der Waals surface area (Å²) in [6.07, 6.45) is 10.0. The van der Waals surface area contributed by atoms with Gasteiger partial charge in [0.15, 0.2) is 0 Å². The van der Waals surface area contributed by atoms with Crippen molar-refractivity contribution >= 4 is 19.4 Å². The Balaban J connectivity index is 0.000000337. The van der Waals surface area contributed by atoms with Gasteiger partial charge < -0.3 is 10.6 Å². The van der Waals surface area contributed by atoms with Crippen LogP contribution in [0, 0.1) is 0 Å². The number of piperidine rings is 1. The van der Waals surface area contributed by atoms with Crippen LogP contribution in [-0.2, 0) is 15.1 Å². The van der Waals surface area contributed by atoms with Crippen LogP contribution in [0.5, 0.6) is 0 Å². The molecule has 0 N–H and O–H groups in total.